The number of carbonyl (C=O) groups is 1. The maximum Gasteiger partial charge on any atom is 0.523 e. The van der Waals surface area contributed by atoms with E-state index in [0.717, 1.165) is 12.2 Å². The summed E-state index contributed by atoms with van der Waals surface area (Å²) >= 11 is 0. The third-order valence-electron chi connectivity index (χ3n) is 2.52. The molecule has 0 N–H and O–H groups in total. The van der Waals surface area contributed by atoms with Crippen LogP contribution in [0.3, 0.4) is 0 Å². The highest BCUT2D eigenvalue weighted by atomic mass is 19.1. The third kappa shape index (κ3) is 5.20. The first-order valence-electron chi connectivity index (χ1n) is 6.37. The monoisotopic (exact) mass is 302 g/mol. The maximum absolute atomic E-state index is 13.4. The van der Waals surface area contributed by atoms with E-state index in [1.807, 2.05) is 0 Å². The lowest BCUT2D eigenvalue weighted by atomic mass is 10.2. The van der Waals surface area contributed by atoms with E-state index < -0.39 is 18.2 Å². The van der Waals surface area contributed by atoms with E-state index in [-0.39, 0.29) is 0 Å². The van der Waals surface area contributed by atoms with E-state index in [0.29, 0.717) is 11.1 Å². The van der Waals surface area contributed by atoms with E-state index in [2.05, 4.69) is 9.47 Å². The van der Waals surface area contributed by atoms with Crippen LogP contribution in [-0.2, 0) is 9.47 Å². The zero-order valence-electron chi connectivity index (χ0n) is 11.4. The predicted molar refractivity (Wildman–Crippen MR) is 78.6 cm³/mol. The van der Waals surface area contributed by atoms with Gasteiger partial charge in [-0.15, -0.1) is 0 Å². The molecule has 0 aliphatic heterocycles. The molecule has 2 aromatic rings. The van der Waals surface area contributed by atoms with Crippen LogP contribution in [0.15, 0.2) is 72.7 Å². The average Bonchev–Trinajstić information content (AvgIpc) is 2.48. The number of rotatable bonds is 4. The van der Waals surface area contributed by atoms with Gasteiger partial charge in [-0.2, -0.15) is 8.78 Å². The predicted octanol–water partition coefficient (Wildman–Crippen LogP) is 5.08. The van der Waals surface area contributed by atoms with Gasteiger partial charge in [0.15, 0.2) is 0 Å². The first-order chi connectivity index (χ1) is 10.6. The minimum atomic E-state index is -1.49. The number of ether oxygens (including phenoxy) is 2. The fourth-order valence-corrected chi connectivity index (χ4v) is 1.60. The molecule has 5 heteroatoms. The van der Waals surface area contributed by atoms with Crippen molar-refractivity contribution in [1.29, 1.82) is 0 Å². The molecule has 0 atom stereocenters. The van der Waals surface area contributed by atoms with Gasteiger partial charge in [-0.05, 0) is 11.1 Å². The fourth-order valence-electron chi connectivity index (χ4n) is 1.60. The van der Waals surface area contributed by atoms with Crippen LogP contribution in [0.25, 0.3) is 12.2 Å². The zero-order chi connectivity index (χ0) is 15.8. The fraction of sp³-hybridized carbons (Fsp3) is 0. The van der Waals surface area contributed by atoms with Crippen molar-refractivity contribution in [3.63, 3.8) is 0 Å². The SMILES string of the molecule is O=C(OC(F)=Cc1ccccc1)OC(F)=Cc1ccccc1. The summed E-state index contributed by atoms with van der Waals surface area (Å²) in [5, 5.41) is 0. The van der Waals surface area contributed by atoms with Gasteiger partial charge >= 0.3 is 6.16 Å². The van der Waals surface area contributed by atoms with E-state index in [1.165, 1.54) is 0 Å². The molecule has 2 aromatic carbocycles. The summed E-state index contributed by atoms with van der Waals surface area (Å²) in [7, 11) is 0. The van der Waals surface area contributed by atoms with Crippen LogP contribution in [0, 0.1) is 0 Å². The number of hydrogen-bond acceptors (Lipinski definition) is 3. The Morgan fingerprint density at radius 3 is 1.45 bits per heavy atom. The van der Waals surface area contributed by atoms with E-state index >= 15 is 0 Å². The third-order valence-corrected chi connectivity index (χ3v) is 2.52. The van der Waals surface area contributed by atoms with Gasteiger partial charge in [0.05, 0.1) is 0 Å². The summed E-state index contributed by atoms with van der Waals surface area (Å²) in [6.45, 7) is 0. The second kappa shape index (κ2) is 7.73. The van der Waals surface area contributed by atoms with Crippen LogP contribution in [0.1, 0.15) is 11.1 Å². The van der Waals surface area contributed by atoms with Crippen LogP contribution in [0.2, 0.25) is 0 Å². The largest absolute Gasteiger partial charge is 0.523 e. The summed E-state index contributed by atoms with van der Waals surface area (Å²) in [6, 6.07) is 14.4. The smallest absolute Gasteiger partial charge is 0.366 e. The van der Waals surface area contributed by atoms with Crippen molar-refractivity contribution in [1.82, 2.24) is 0 Å². The van der Waals surface area contributed by atoms with Crippen LogP contribution < -0.4 is 0 Å². The molecule has 0 fully saturated rings. The van der Waals surface area contributed by atoms with Gasteiger partial charge in [0.25, 0.3) is 12.0 Å². The van der Waals surface area contributed by atoms with Gasteiger partial charge in [0.2, 0.25) is 0 Å². The maximum atomic E-state index is 13.4. The molecule has 0 aliphatic rings. The Balaban J connectivity index is 1.92. The average molecular weight is 302 g/mol. The second-order valence-electron chi connectivity index (χ2n) is 4.17. The van der Waals surface area contributed by atoms with Gasteiger partial charge in [0, 0.05) is 12.2 Å². The lowest BCUT2D eigenvalue weighted by Crippen LogP contribution is -2.03. The van der Waals surface area contributed by atoms with Crippen LogP contribution >= 0.6 is 0 Å². The molecular weight excluding hydrogens is 290 g/mol. The Bertz CT molecular complexity index is 620. The Labute approximate surface area is 126 Å². The summed E-state index contributed by atoms with van der Waals surface area (Å²) < 4.78 is 35.3. The highest BCUT2D eigenvalue weighted by Gasteiger charge is 2.11. The number of halogens is 2. The molecule has 2 rings (SSSR count). The van der Waals surface area contributed by atoms with Crippen LogP contribution in [0.5, 0.6) is 0 Å². The van der Waals surface area contributed by atoms with E-state index in [4.69, 9.17) is 0 Å². The van der Waals surface area contributed by atoms with Crippen molar-refractivity contribution in [3.8, 4) is 0 Å². The molecule has 112 valence electrons. The van der Waals surface area contributed by atoms with Crippen LogP contribution in [-0.4, -0.2) is 6.16 Å². The number of benzene rings is 2. The highest BCUT2D eigenvalue weighted by Crippen LogP contribution is 2.13. The van der Waals surface area contributed by atoms with E-state index in [1.54, 1.807) is 60.7 Å². The first-order valence-corrected chi connectivity index (χ1v) is 6.37. The highest BCUT2D eigenvalue weighted by molar-refractivity contribution is 5.65. The van der Waals surface area contributed by atoms with Gasteiger partial charge in [-0.1, -0.05) is 60.7 Å². The first kappa shape index (κ1) is 15.4. The topological polar surface area (TPSA) is 35.5 Å². The molecule has 0 aromatic heterocycles. The number of carbonyl (C=O) groups excluding carboxylic acids is 1. The lowest BCUT2D eigenvalue weighted by Gasteiger charge is -2.01. The summed E-state index contributed by atoms with van der Waals surface area (Å²) in [5.41, 5.74) is 0.987. The second-order valence-corrected chi connectivity index (χ2v) is 4.17. The molecule has 0 heterocycles. The molecule has 0 spiro atoms. The van der Waals surface area contributed by atoms with Crippen molar-refractivity contribution in [2.75, 3.05) is 0 Å². The molecule has 3 nitrogen and oxygen atoms in total. The normalized spacial score (nSPS) is 11.9. The zero-order valence-corrected chi connectivity index (χ0v) is 11.4. The summed E-state index contributed by atoms with van der Waals surface area (Å²) in [4.78, 5) is 11.2. The van der Waals surface area contributed by atoms with Gasteiger partial charge in [-0.3, -0.25) is 0 Å². The molecule has 0 saturated heterocycles. The van der Waals surface area contributed by atoms with Gasteiger partial charge in [0.1, 0.15) is 0 Å². The standard InChI is InChI=1S/C17H12F2O3/c18-15(11-13-7-3-1-4-8-13)21-17(20)22-16(19)12-14-9-5-2-6-10-14/h1-12H. The van der Waals surface area contributed by atoms with Crippen LogP contribution in [0.4, 0.5) is 13.6 Å². The van der Waals surface area contributed by atoms with Gasteiger partial charge < -0.3 is 9.47 Å². The Morgan fingerprint density at radius 2 is 1.09 bits per heavy atom. The quantitative estimate of drug-likeness (QED) is 0.584. The molecule has 0 radical (unpaired) electrons. The molecule has 0 amide bonds. The Kier molecular flexibility index (Phi) is 5.43. The van der Waals surface area contributed by atoms with Crippen molar-refractivity contribution in [2.45, 2.75) is 0 Å². The van der Waals surface area contributed by atoms with E-state index in [9.17, 15) is 13.6 Å². The molecule has 22 heavy (non-hydrogen) atoms. The summed E-state index contributed by atoms with van der Waals surface area (Å²) in [5.74, 6) is 0. The molecule has 0 aliphatic carbocycles. The summed E-state index contributed by atoms with van der Waals surface area (Å²) in [6.07, 6.45) is 0.481. The van der Waals surface area contributed by atoms with Crippen molar-refractivity contribution in [2.24, 2.45) is 0 Å². The minimum Gasteiger partial charge on any atom is -0.366 e. The lowest BCUT2D eigenvalue weighted by molar-refractivity contribution is 0.0704. The molecular formula is C17H12F2O3. The van der Waals surface area contributed by atoms with Gasteiger partial charge in [-0.25, -0.2) is 4.79 Å². The van der Waals surface area contributed by atoms with Crippen molar-refractivity contribution >= 4 is 18.3 Å². The Morgan fingerprint density at radius 1 is 0.727 bits per heavy atom. The minimum absolute atomic E-state index is 0.494. The molecule has 0 saturated carbocycles. The molecule has 0 unspecified atom stereocenters. The Hall–Kier alpha value is -2.95. The number of hydrogen-bond donors (Lipinski definition) is 0. The molecule has 0 bridgehead atoms. The van der Waals surface area contributed by atoms with Crippen molar-refractivity contribution < 1.29 is 23.0 Å². The van der Waals surface area contributed by atoms with Crippen molar-refractivity contribution in [3.05, 3.63) is 83.8 Å².